The summed E-state index contributed by atoms with van der Waals surface area (Å²) in [6.07, 6.45) is 1.65. The summed E-state index contributed by atoms with van der Waals surface area (Å²) in [5.41, 5.74) is 6.44. The third-order valence-corrected chi connectivity index (χ3v) is 5.88. The lowest BCUT2D eigenvalue weighted by atomic mass is 10.1. The Morgan fingerprint density at radius 2 is 2.21 bits per heavy atom. The van der Waals surface area contributed by atoms with Crippen LogP contribution in [-0.4, -0.2) is 38.2 Å². The van der Waals surface area contributed by atoms with Gasteiger partial charge in [-0.25, -0.2) is 10.9 Å². The molecular formula is C16H22N6OS. The number of carbonyl (C=O) groups is 1. The molecule has 8 heteroatoms. The summed E-state index contributed by atoms with van der Waals surface area (Å²) >= 11 is 1.78. The van der Waals surface area contributed by atoms with Gasteiger partial charge in [-0.2, -0.15) is 0 Å². The summed E-state index contributed by atoms with van der Waals surface area (Å²) in [4.78, 5) is 17.3. The molecule has 2 aliphatic heterocycles. The number of amides is 1. The molecule has 0 spiro atoms. The summed E-state index contributed by atoms with van der Waals surface area (Å²) in [7, 11) is 0. The summed E-state index contributed by atoms with van der Waals surface area (Å²) in [6.45, 7) is 6.23. The number of aromatic nitrogens is 3. The maximum atomic E-state index is 12.8. The van der Waals surface area contributed by atoms with Crippen molar-refractivity contribution >= 4 is 17.2 Å². The minimum Gasteiger partial charge on any atom is -0.332 e. The zero-order chi connectivity index (χ0) is 16.7. The number of fused-ring (bicyclic) bond motifs is 1. The number of aryl methyl sites for hydroxylation is 2. The number of hydrogen-bond donors (Lipinski definition) is 2. The average molecular weight is 346 g/mol. The van der Waals surface area contributed by atoms with Crippen LogP contribution in [0.4, 0.5) is 0 Å². The second-order valence-electron chi connectivity index (χ2n) is 6.38. The van der Waals surface area contributed by atoms with E-state index in [1.807, 2.05) is 4.90 Å². The fourth-order valence-electron chi connectivity index (χ4n) is 3.43. The van der Waals surface area contributed by atoms with Crippen LogP contribution in [0.25, 0.3) is 0 Å². The molecule has 7 nitrogen and oxygen atoms in total. The zero-order valence-corrected chi connectivity index (χ0v) is 14.8. The normalized spacial score (nSPS) is 23.5. The quantitative estimate of drug-likeness (QED) is 0.872. The Hall–Kier alpha value is -1.77. The third kappa shape index (κ3) is 2.74. The molecule has 2 atom stereocenters. The number of nitrogens with zero attached hydrogens (tertiary/aromatic N) is 4. The summed E-state index contributed by atoms with van der Waals surface area (Å²) < 4.78 is 2.14. The number of nitrogens with one attached hydrogen (secondary N) is 2. The molecule has 4 rings (SSSR count). The summed E-state index contributed by atoms with van der Waals surface area (Å²) in [6, 6.07) is 4.29. The first-order valence-electron chi connectivity index (χ1n) is 8.43. The molecule has 0 aliphatic carbocycles. The van der Waals surface area contributed by atoms with E-state index in [4.69, 9.17) is 0 Å². The van der Waals surface area contributed by atoms with E-state index in [9.17, 15) is 4.79 Å². The Bertz CT molecular complexity index is 754. The second-order valence-corrected chi connectivity index (χ2v) is 7.69. The van der Waals surface area contributed by atoms with Crippen LogP contribution in [0.3, 0.4) is 0 Å². The number of hydrogen-bond acceptors (Lipinski definition) is 6. The van der Waals surface area contributed by atoms with Gasteiger partial charge in [0.2, 0.25) is 5.91 Å². The predicted molar refractivity (Wildman–Crippen MR) is 91.3 cm³/mol. The number of carbonyl (C=O) groups excluding carboxylic acids is 1. The van der Waals surface area contributed by atoms with E-state index < -0.39 is 0 Å². The van der Waals surface area contributed by atoms with Crippen molar-refractivity contribution < 1.29 is 4.79 Å². The van der Waals surface area contributed by atoms with Crippen molar-refractivity contribution in [3.05, 3.63) is 33.5 Å². The largest absolute Gasteiger partial charge is 0.332 e. The first-order valence-corrected chi connectivity index (χ1v) is 9.24. The van der Waals surface area contributed by atoms with E-state index in [1.165, 1.54) is 9.75 Å². The fourth-order valence-corrected chi connectivity index (χ4v) is 4.37. The monoisotopic (exact) mass is 346 g/mol. The number of rotatable bonds is 3. The van der Waals surface area contributed by atoms with Crippen molar-refractivity contribution in [2.75, 3.05) is 6.54 Å². The Balaban J connectivity index is 1.42. The molecule has 0 aromatic carbocycles. The first-order chi connectivity index (χ1) is 11.7. The molecule has 1 saturated heterocycles. The van der Waals surface area contributed by atoms with Crippen molar-refractivity contribution in [2.24, 2.45) is 0 Å². The van der Waals surface area contributed by atoms with E-state index in [1.54, 1.807) is 11.3 Å². The molecule has 2 N–H and O–H groups in total. The van der Waals surface area contributed by atoms with Crippen LogP contribution < -0.4 is 10.9 Å². The van der Waals surface area contributed by atoms with Gasteiger partial charge in [-0.3, -0.25) is 4.79 Å². The Kier molecular flexibility index (Phi) is 4.11. The summed E-state index contributed by atoms with van der Waals surface area (Å²) in [5.74, 6) is 2.04. The Morgan fingerprint density at radius 1 is 1.33 bits per heavy atom. The van der Waals surface area contributed by atoms with Gasteiger partial charge < -0.3 is 9.47 Å². The Morgan fingerprint density at radius 3 is 2.96 bits per heavy atom. The van der Waals surface area contributed by atoms with Crippen LogP contribution in [0, 0.1) is 6.92 Å². The standard InChI is InChI=1S/C16H22N6OS/c1-3-14-19-20-15-9-21(6-7-22(14)15)16(23)12-8-11(17-18-12)13-5-4-10(2)24-13/h4-5,11-12,17-18H,3,6-9H2,1-2H3. The molecule has 24 heavy (non-hydrogen) atoms. The highest BCUT2D eigenvalue weighted by atomic mass is 32.1. The SMILES string of the molecule is CCc1nnc2n1CCN(C(=O)C1CC(c3ccc(C)s3)NN1)C2. The molecule has 0 radical (unpaired) electrons. The molecule has 1 fully saturated rings. The molecule has 1 amide bonds. The fraction of sp³-hybridized carbons (Fsp3) is 0.562. The highest BCUT2D eigenvalue weighted by molar-refractivity contribution is 7.12. The van der Waals surface area contributed by atoms with Gasteiger partial charge in [-0.05, 0) is 25.5 Å². The van der Waals surface area contributed by atoms with E-state index in [0.717, 1.165) is 37.6 Å². The van der Waals surface area contributed by atoms with Crippen molar-refractivity contribution in [1.82, 2.24) is 30.5 Å². The molecular weight excluding hydrogens is 324 g/mol. The zero-order valence-electron chi connectivity index (χ0n) is 14.0. The van der Waals surface area contributed by atoms with E-state index >= 15 is 0 Å². The van der Waals surface area contributed by atoms with Gasteiger partial charge in [-0.1, -0.05) is 6.92 Å². The average Bonchev–Trinajstić information content (AvgIpc) is 3.32. The maximum Gasteiger partial charge on any atom is 0.241 e. The molecule has 2 aromatic rings. The molecule has 0 saturated carbocycles. The van der Waals surface area contributed by atoms with Gasteiger partial charge in [0.25, 0.3) is 0 Å². The molecule has 2 aliphatic rings. The lowest BCUT2D eigenvalue weighted by Gasteiger charge is -2.29. The van der Waals surface area contributed by atoms with Gasteiger partial charge in [0.15, 0.2) is 5.82 Å². The second kappa shape index (κ2) is 6.27. The molecule has 0 bridgehead atoms. The maximum absolute atomic E-state index is 12.8. The van der Waals surface area contributed by atoms with Crippen LogP contribution in [0.15, 0.2) is 12.1 Å². The number of hydrazine groups is 1. The van der Waals surface area contributed by atoms with Crippen LogP contribution >= 0.6 is 11.3 Å². The lowest BCUT2D eigenvalue weighted by molar-refractivity contribution is -0.134. The third-order valence-electron chi connectivity index (χ3n) is 4.76. The highest BCUT2D eigenvalue weighted by Gasteiger charge is 2.35. The molecule has 2 unspecified atom stereocenters. The number of thiophene rings is 1. The van der Waals surface area contributed by atoms with E-state index in [0.29, 0.717) is 6.54 Å². The van der Waals surface area contributed by atoms with Crippen molar-refractivity contribution in [3.63, 3.8) is 0 Å². The first kappa shape index (κ1) is 15.7. The van der Waals surface area contributed by atoms with Crippen LogP contribution in [0.5, 0.6) is 0 Å². The summed E-state index contributed by atoms with van der Waals surface area (Å²) in [5, 5.41) is 8.45. The Labute approximate surface area is 145 Å². The molecule has 4 heterocycles. The minimum absolute atomic E-state index is 0.144. The van der Waals surface area contributed by atoms with E-state index in [-0.39, 0.29) is 18.0 Å². The van der Waals surface area contributed by atoms with Gasteiger partial charge in [-0.15, -0.1) is 21.5 Å². The lowest BCUT2D eigenvalue weighted by Crippen LogP contribution is -2.48. The van der Waals surface area contributed by atoms with Crippen molar-refractivity contribution in [1.29, 1.82) is 0 Å². The van der Waals surface area contributed by atoms with Crippen LogP contribution in [-0.2, 0) is 24.3 Å². The minimum atomic E-state index is -0.183. The molecule has 2 aromatic heterocycles. The highest BCUT2D eigenvalue weighted by Crippen LogP contribution is 2.29. The topological polar surface area (TPSA) is 75.1 Å². The van der Waals surface area contributed by atoms with Crippen LogP contribution in [0.2, 0.25) is 0 Å². The van der Waals surface area contributed by atoms with Gasteiger partial charge in [0.1, 0.15) is 11.9 Å². The van der Waals surface area contributed by atoms with E-state index in [2.05, 4.69) is 51.6 Å². The predicted octanol–water partition coefficient (Wildman–Crippen LogP) is 1.16. The van der Waals surface area contributed by atoms with Gasteiger partial charge >= 0.3 is 0 Å². The van der Waals surface area contributed by atoms with Gasteiger partial charge in [0.05, 0.1) is 12.6 Å². The van der Waals surface area contributed by atoms with Crippen LogP contribution in [0.1, 0.15) is 40.8 Å². The van der Waals surface area contributed by atoms with Crippen molar-refractivity contribution in [3.8, 4) is 0 Å². The molecule has 128 valence electrons. The van der Waals surface area contributed by atoms with Crippen molar-refractivity contribution in [2.45, 2.75) is 51.9 Å². The van der Waals surface area contributed by atoms with Gasteiger partial charge in [0, 0.05) is 29.3 Å². The smallest absolute Gasteiger partial charge is 0.241 e.